The van der Waals surface area contributed by atoms with E-state index in [9.17, 15) is 14.4 Å². The van der Waals surface area contributed by atoms with Gasteiger partial charge in [-0.05, 0) is 37.6 Å². The van der Waals surface area contributed by atoms with Gasteiger partial charge in [0, 0.05) is 17.8 Å². The van der Waals surface area contributed by atoms with E-state index in [1.54, 1.807) is 24.3 Å². The largest absolute Gasteiger partial charge is 0.368 e. The van der Waals surface area contributed by atoms with Crippen LogP contribution in [0.25, 0.3) is 0 Å². The van der Waals surface area contributed by atoms with Crippen molar-refractivity contribution in [1.29, 1.82) is 0 Å². The number of benzene rings is 1. The van der Waals surface area contributed by atoms with Crippen molar-refractivity contribution in [1.82, 2.24) is 4.90 Å². The molecule has 0 saturated carbocycles. The maximum atomic E-state index is 12.1. The molecule has 0 heterocycles. The molecule has 0 unspecified atom stereocenters. The summed E-state index contributed by atoms with van der Waals surface area (Å²) in [5.74, 6) is -0.584. The van der Waals surface area contributed by atoms with Crippen molar-refractivity contribution in [3.8, 4) is 0 Å². The molecule has 0 aliphatic carbocycles. The van der Waals surface area contributed by atoms with Gasteiger partial charge < -0.3 is 16.0 Å². The molecule has 1 aromatic rings. The van der Waals surface area contributed by atoms with Gasteiger partial charge in [-0.15, -0.1) is 0 Å². The highest BCUT2D eigenvalue weighted by molar-refractivity contribution is 5.95. The van der Waals surface area contributed by atoms with Gasteiger partial charge in [0.2, 0.25) is 5.91 Å². The summed E-state index contributed by atoms with van der Waals surface area (Å²) in [6.07, 6.45) is 1.71. The van der Waals surface area contributed by atoms with Crippen molar-refractivity contribution in [2.45, 2.75) is 26.7 Å². The van der Waals surface area contributed by atoms with Crippen LogP contribution in [0.15, 0.2) is 24.3 Å². The van der Waals surface area contributed by atoms with Crippen molar-refractivity contribution in [3.63, 3.8) is 0 Å². The molecule has 6 nitrogen and oxygen atoms in total. The fourth-order valence-corrected chi connectivity index (χ4v) is 1.78. The van der Waals surface area contributed by atoms with Gasteiger partial charge in [0.25, 0.3) is 0 Å². The Hall–Kier alpha value is -2.37. The van der Waals surface area contributed by atoms with Gasteiger partial charge in [0.05, 0.1) is 0 Å². The summed E-state index contributed by atoms with van der Waals surface area (Å²) in [6.45, 7) is 3.84. The normalized spacial score (nSPS) is 10.0. The second kappa shape index (κ2) is 8.04. The maximum Gasteiger partial charge on any atom is 0.322 e. The number of carbonyl (C=O) groups is 3. The molecule has 0 atom stereocenters. The Balaban J connectivity index is 2.70. The topological polar surface area (TPSA) is 92.5 Å². The molecule has 3 amide bonds. The van der Waals surface area contributed by atoms with Gasteiger partial charge in [0.1, 0.15) is 6.54 Å². The molecule has 114 valence electrons. The first-order valence-electron chi connectivity index (χ1n) is 6.89. The number of nitrogens with two attached hydrogens (primary N) is 1. The number of anilines is 1. The van der Waals surface area contributed by atoms with Crippen LogP contribution in [0.1, 0.15) is 37.0 Å². The zero-order valence-corrected chi connectivity index (χ0v) is 12.4. The lowest BCUT2D eigenvalue weighted by molar-refractivity contribution is -0.118. The van der Waals surface area contributed by atoms with Crippen LogP contribution < -0.4 is 11.1 Å². The zero-order valence-electron chi connectivity index (χ0n) is 12.4. The first-order chi connectivity index (χ1) is 9.93. The van der Waals surface area contributed by atoms with Gasteiger partial charge in [-0.2, -0.15) is 0 Å². The Kier molecular flexibility index (Phi) is 6.39. The van der Waals surface area contributed by atoms with Crippen LogP contribution >= 0.6 is 0 Å². The summed E-state index contributed by atoms with van der Waals surface area (Å²) in [5.41, 5.74) is 6.29. The van der Waals surface area contributed by atoms with Crippen molar-refractivity contribution < 1.29 is 14.4 Å². The lowest BCUT2D eigenvalue weighted by Crippen LogP contribution is -2.41. The van der Waals surface area contributed by atoms with Crippen molar-refractivity contribution >= 4 is 23.4 Å². The Morgan fingerprint density at radius 2 is 1.81 bits per heavy atom. The number of ketones is 1. The summed E-state index contributed by atoms with van der Waals surface area (Å²) in [7, 11) is 0. The molecule has 0 aliphatic rings. The minimum atomic E-state index is -0.548. The average Bonchev–Trinajstić information content (AvgIpc) is 2.43. The third kappa shape index (κ3) is 5.64. The van der Waals surface area contributed by atoms with E-state index in [1.807, 2.05) is 6.92 Å². The smallest absolute Gasteiger partial charge is 0.322 e. The second-order valence-corrected chi connectivity index (χ2v) is 4.81. The van der Waals surface area contributed by atoms with Gasteiger partial charge in [0.15, 0.2) is 5.78 Å². The zero-order chi connectivity index (χ0) is 15.8. The fourth-order valence-electron chi connectivity index (χ4n) is 1.78. The molecule has 0 saturated heterocycles. The van der Waals surface area contributed by atoms with Crippen LogP contribution in [-0.4, -0.2) is 35.7 Å². The highest BCUT2D eigenvalue weighted by Crippen LogP contribution is 2.11. The first kappa shape index (κ1) is 16.7. The first-order valence-corrected chi connectivity index (χ1v) is 6.89. The average molecular weight is 291 g/mol. The maximum absolute atomic E-state index is 12.1. The number of hydrogen-bond acceptors (Lipinski definition) is 3. The minimum Gasteiger partial charge on any atom is -0.368 e. The van der Waals surface area contributed by atoms with Crippen LogP contribution in [0.3, 0.4) is 0 Å². The predicted octanol–water partition coefficient (Wildman–Crippen LogP) is 2.01. The number of hydrogen-bond donors (Lipinski definition) is 2. The molecule has 21 heavy (non-hydrogen) atoms. The number of nitrogens with zero attached hydrogens (tertiary/aromatic N) is 1. The van der Waals surface area contributed by atoms with E-state index in [2.05, 4.69) is 5.32 Å². The van der Waals surface area contributed by atoms with E-state index in [4.69, 9.17) is 5.73 Å². The van der Waals surface area contributed by atoms with E-state index in [0.29, 0.717) is 17.8 Å². The molecular formula is C15H21N3O3. The number of primary amides is 1. The number of carbonyl (C=O) groups excluding carboxylic acids is 3. The molecule has 0 aliphatic heterocycles. The number of urea groups is 1. The highest BCUT2D eigenvalue weighted by Gasteiger charge is 2.15. The van der Waals surface area contributed by atoms with Crippen molar-refractivity contribution in [2.75, 3.05) is 18.4 Å². The molecule has 1 aromatic carbocycles. The lowest BCUT2D eigenvalue weighted by atomic mass is 10.1. The second-order valence-electron chi connectivity index (χ2n) is 4.81. The Morgan fingerprint density at radius 1 is 1.19 bits per heavy atom. The summed E-state index contributed by atoms with van der Waals surface area (Å²) >= 11 is 0. The Bertz CT molecular complexity index is 511. The number of Topliss-reactive ketones (excluding diaryl/α,β-unsaturated/α-hetero) is 1. The van der Waals surface area contributed by atoms with Crippen LogP contribution in [0.4, 0.5) is 10.5 Å². The van der Waals surface area contributed by atoms with E-state index in [1.165, 1.54) is 11.8 Å². The molecule has 0 aromatic heterocycles. The summed E-state index contributed by atoms with van der Waals surface area (Å²) in [6, 6.07) is 6.20. The van der Waals surface area contributed by atoms with Crippen molar-refractivity contribution in [2.24, 2.45) is 5.73 Å². The molecule has 6 heteroatoms. The molecule has 0 radical (unpaired) electrons. The Morgan fingerprint density at radius 3 is 2.29 bits per heavy atom. The van der Waals surface area contributed by atoms with Crippen molar-refractivity contribution in [3.05, 3.63) is 29.8 Å². The minimum absolute atomic E-state index is 0.0359. The molecule has 1 rings (SSSR count). The quantitative estimate of drug-likeness (QED) is 0.753. The SMILES string of the molecule is CCCCN(CC(N)=O)C(=O)Nc1ccc(C(C)=O)cc1. The number of amides is 3. The van der Waals surface area contributed by atoms with Crippen LogP contribution in [-0.2, 0) is 4.79 Å². The molecular weight excluding hydrogens is 270 g/mol. The van der Waals surface area contributed by atoms with Gasteiger partial charge in [-0.1, -0.05) is 13.3 Å². The third-order valence-corrected chi connectivity index (χ3v) is 2.96. The highest BCUT2D eigenvalue weighted by atomic mass is 16.2. The van der Waals surface area contributed by atoms with E-state index >= 15 is 0 Å². The summed E-state index contributed by atoms with van der Waals surface area (Å²) < 4.78 is 0. The number of nitrogens with one attached hydrogen (secondary N) is 1. The molecule has 0 fully saturated rings. The van der Waals surface area contributed by atoms with Gasteiger partial charge in [-0.25, -0.2) is 4.79 Å². The van der Waals surface area contributed by atoms with Crippen LogP contribution in [0, 0.1) is 0 Å². The number of rotatable bonds is 7. The molecule has 0 spiro atoms. The van der Waals surface area contributed by atoms with E-state index in [0.717, 1.165) is 12.8 Å². The fraction of sp³-hybridized carbons (Fsp3) is 0.400. The van der Waals surface area contributed by atoms with E-state index in [-0.39, 0.29) is 18.4 Å². The van der Waals surface area contributed by atoms with Gasteiger partial charge >= 0.3 is 6.03 Å². The molecule has 0 bridgehead atoms. The standard InChI is InChI=1S/C15H21N3O3/c1-3-4-9-18(10-14(16)20)15(21)17-13-7-5-12(6-8-13)11(2)19/h5-8H,3-4,9-10H2,1-2H3,(H2,16,20)(H,17,21). The summed E-state index contributed by atoms with van der Waals surface area (Å²) in [4.78, 5) is 35.7. The lowest BCUT2D eigenvalue weighted by Gasteiger charge is -2.21. The van der Waals surface area contributed by atoms with Gasteiger partial charge in [-0.3, -0.25) is 9.59 Å². The van der Waals surface area contributed by atoms with Crippen LogP contribution in [0.2, 0.25) is 0 Å². The summed E-state index contributed by atoms with van der Waals surface area (Å²) in [5, 5.41) is 2.69. The molecule has 3 N–H and O–H groups in total. The number of unbranched alkanes of at least 4 members (excludes halogenated alkanes) is 1. The predicted molar refractivity (Wildman–Crippen MR) is 81.1 cm³/mol. The van der Waals surface area contributed by atoms with E-state index < -0.39 is 5.91 Å². The van der Waals surface area contributed by atoms with Crippen LogP contribution in [0.5, 0.6) is 0 Å². The third-order valence-electron chi connectivity index (χ3n) is 2.96. The monoisotopic (exact) mass is 291 g/mol. The Labute approximate surface area is 124 Å².